The van der Waals surface area contributed by atoms with E-state index in [4.69, 9.17) is 9.47 Å². The lowest BCUT2D eigenvalue weighted by molar-refractivity contribution is -0.121. The number of hydrogen-bond acceptors (Lipinski definition) is 4. The van der Waals surface area contributed by atoms with Crippen LogP contribution in [0.25, 0.3) is 0 Å². The highest BCUT2D eigenvalue weighted by Gasteiger charge is 2.12. The number of ether oxygens (including phenoxy) is 2. The summed E-state index contributed by atoms with van der Waals surface area (Å²) < 4.78 is 12.8. The zero-order valence-electron chi connectivity index (χ0n) is 13.5. The zero-order valence-corrected chi connectivity index (χ0v) is 13.5. The minimum absolute atomic E-state index is 0.0336. The fourth-order valence-electron chi connectivity index (χ4n) is 2.62. The van der Waals surface area contributed by atoms with Gasteiger partial charge in [0.2, 0.25) is 5.91 Å². The summed E-state index contributed by atoms with van der Waals surface area (Å²) in [5.74, 6) is 1.53. The summed E-state index contributed by atoms with van der Waals surface area (Å²) >= 11 is 0. The average molecular weight is 315 g/mol. The maximum atomic E-state index is 12.0. The Balaban J connectivity index is 1.49. The van der Waals surface area contributed by atoms with Gasteiger partial charge in [0.1, 0.15) is 19.8 Å². The number of amides is 1. The van der Waals surface area contributed by atoms with Gasteiger partial charge in [0.05, 0.1) is 5.69 Å². The molecule has 0 bridgehead atoms. The second-order valence-electron chi connectivity index (χ2n) is 5.66. The zero-order chi connectivity index (χ0) is 16.2. The molecule has 6 nitrogen and oxygen atoms in total. The number of fused-ring (bicyclic) bond motifs is 1. The fraction of sp³-hybridized carbons (Fsp3) is 0.412. The van der Waals surface area contributed by atoms with Crippen LogP contribution in [0, 0.1) is 13.8 Å². The molecule has 1 aliphatic heterocycles. The first-order valence-electron chi connectivity index (χ1n) is 7.78. The van der Waals surface area contributed by atoms with Gasteiger partial charge in [-0.2, -0.15) is 5.10 Å². The largest absolute Gasteiger partial charge is 0.486 e. The van der Waals surface area contributed by atoms with Gasteiger partial charge in [0, 0.05) is 12.2 Å². The molecule has 1 aromatic carbocycles. The SMILES string of the molecule is Cc1cc(C)n(CC(=O)NCCc2ccc3c(c2)OCCO3)n1. The van der Waals surface area contributed by atoms with Gasteiger partial charge in [-0.3, -0.25) is 9.48 Å². The summed E-state index contributed by atoms with van der Waals surface area (Å²) in [4.78, 5) is 12.0. The first kappa shape index (κ1) is 15.4. The predicted octanol–water partition coefficient (Wildman–Crippen LogP) is 1.63. The van der Waals surface area contributed by atoms with Crippen LogP contribution in [-0.4, -0.2) is 35.4 Å². The Morgan fingerprint density at radius 3 is 2.74 bits per heavy atom. The molecular weight excluding hydrogens is 294 g/mol. The van der Waals surface area contributed by atoms with Crippen molar-refractivity contribution in [2.45, 2.75) is 26.8 Å². The summed E-state index contributed by atoms with van der Waals surface area (Å²) in [6, 6.07) is 7.85. The first-order valence-corrected chi connectivity index (χ1v) is 7.78. The number of aromatic nitrogens is 2. The van der Waals surface area contributed by atoms with Crippen LogP contribution >= 0.6 is 0 Å². The van der Waals surface area contributed by atoms with E-state index < -0.39 is 0 Å². The molecule has 0 aliphatic carbocycles. The number of rotatable bonds is 5. The fourth-order valence-corrected chi connectivity index (χ4v) is 2.62. The summed E-state index contributed by atoms with van der Waals surface area (Å²) in [7, 11) is 0. The van der Waals surface area contributed by atoms with Crippen LogP contribution in [0.4, 0.5) is 0 Å². The third-order valence-electron chi connectivity index (χ3n) is 3.74. The highest BCUT2D eigenvalue weighted by Crippen LogP contribution is 2.30. The van der Waals surface area contributed by atoms with Gasteiger partial charge < -0.3 is 14.8 Å². The van der Waals surface area contributed by atoms with Gasteiger partial charge in [-0.1, -0.05) is 6.07 Å². The van der Waals surface area contributed by atoms with Gasteiger partial charge in [0.25, 0.3) is 0 Å². The quantitative estimate of drug-likeness (QED) is 0.911. The molecule has 6 heteroatoms. The third kappa shape index (κ3) is 3.83. The molecule has 1 aromatic heterocycles. The molecule has 1 amide bonds. The smallest absolute Gasteiger partial charge is 0.241 e. The van der Waals surface area contributed by atoms with Crippen LogP contribution < -0.4 is 14.8 Å². The molecular formula is C17H21N3O3. The standard InChI is InChI=1S/C17H21N3O3/c1-12-9-13(2)20(19-12)11-17(21)18-6-5-14-3-4-15-16(10-14)23-8-7-22-15/h3-4,9-10H,5-8,11H2,1-2H3,(H,18,21). The third-order valence-corrected chi connectivity index (χ3v) is 3.74. The van der Waals surface area contributed by atoms with Gasteiger partial charge in [-0.05, 0) is 44.0 Å². The van der Waals surface area contributed by atoms with E-state index in [1.165, 1.54) is 0 Å². The molecule has 23 heavy (non-hydrogen) atoms. The Hall–Kier alpha value is -2.50. The first-order chi connectivity index (χ1) is 11.1. The van der Waals surface area contributed by atoms with E-state index in [1.54, 1.807) is 4.68 Å². The lowest BCUT2D eigenvalue weighted by Gasteiger charge is -2.18. The highest BCUT2D eigenvalue weighted by molar-refractivity contribution is 5.75. The van der Waals surface area contributed by atoms with E-state index in [2.05, 4.69) is 10.4 Å². The van der Waals surface area contributed by atoms with Gasteiger partial charge >= 0.3 is 0 Å². The van der Waals surface area contributed by atoms with Crippen LogP contribution in [0.3, 0.4) is 0 Å². The number of nitrogens with one attached hydrogen (secondary N) is 1. The summed E-state index contributed by atoms with van der Waals surface area (Å²) in [6.45, 7) is 5.87. The molecule has 0 radical (unpaired) electrons. The van der Waals surface area contributed by atoms with Crippen LogP contribution in [0.1, 0.15) is 17.0 Å². The van der Waals surface area contributed by atoms with E-state index >= 15 is 0 Å². The average Bonchev–Trinajstić information content (AvgIpc) is 2.84. The molecule has 3 rings (SSSR count). The molecule has 0 saturated carbocycles. The molecule has 0 saturated heterocycles. The number of nitrogens with zero attached hydrogens (tertiary/aromatic N) is 2. The van der Waals surface area contributed by atoms with Crippen LogP contribution in [0.2, 0.25) is 0 Å². The number of carbonyl (C=O) groups excluding carboxylic acids is 1. The Kier molecular flexibility index (Phi) is 4.50. The minimum Gasteiger partial charge on any atom is -0.486 e. The van der Waals surface area contributed by atoms with Gasteiger partial charge in [-0.15, -0.1) is 0 Å². The van der Waals surface area contributed by atoms with E-state index in [0.717, 1.165) is 34.9 Å². The molecule has 2 heterocycles. The van der Waals surface area contributed by atoms with Crippen molar-refractivity contribution in [3.63, 3.8) is 0 Å². The van der Waals surface area contributed by atoms with Crippen molar-refractivity contribution >= 4 is 5.91 Å². The normalized spacial score (nSPS) is 13.0. The number of carbonyl (C=O) groups is 1. The maximum absolute atomic E-state index is 12.0. The molecule has 0 unspecified atom stereocenters. The molecule has 0 spiro atoms. The number of benzene rings is 1. The van der Waals surface area contributed by atoms with Crippen LogP contribution in [0.15, 0.2) is 24.3 Å². The summed E-state index contributed by atoms with van der Waals surface area (Å²) in [5, 5.41) is 7.21. The molecule has 122 valence electrons. The van der Waals surface area contributed by atoms with Crippen molar-refractivity contribution in [3.8, 4) is 11.5 Å². The summed E-state index contributed by atoms with van der Waals surface area (Å²) in [6.07, 6.45) is 0.750. The number of hydrogen-bond donors (Lipinski definition) is 1. The Bertz CT molecular complexity index is 709. The minimum atomic E-state index is -0.0336. The molecule has 1 aliphatic rings. The van der Waals surface area contributed by atoms with Gasteiger partial charge in [0.15, 0.2) is 11.5 Å². The van der Waals surface area contributed by atoms with E-state index in [1.807, 2.05) is 38.1 Å². The second-order valence-corrected chi connectivity index (χ2v) is 5.66. The topological polar surface area (TPSA) is 65.4 Å². The van der Waals surface area contributed by atoms with E-state index in [-0.39, 0.29) is 12.5 Å². The van der Waals surface area contributed by atoms with Crippen molar-refractivity contribution in [1.82, 2.24) is 15.1 Å². The Morgan fingerprint density at radius 2 is 2.00 bits per heavy atom. The Labute approximate surface area is 135 Å². The monoisotopic (exact) mass is 315 g/mol. The second kappa shape index (κ2) is 6.73. The van der Waals surface area contributed by atoms with Crippen molar-refractivity contribution in [2.75, 3.05) is 19.8 Å². The van der Waals surface area contributed by atoms with E-state index in [0.29, 0.717) is 19.8 Å². The van der Waals surface area contributed by atoms with Gasteiger partial charge in [-0.25, -0.2) is 0 Å². The highest BCUT2D eigenvalue weighted by atomic mass is 16.6. The lowest BCUT2D eigenvalue weighted by atomic mass is 10.1. The van der Waals surface area contributed by atoms with E-state index in [9.17, 15) is 4.79 Å². The van der Waals surface area contributed by atoms with Crippen LogP contribution in [-0.2, 0) is 17.8 Å². The summed E-state index contributed by atoms with van der Waals surface area (Å²) in [5.41, 5.74) is 3.02. The predicted molar refractivity (Wildman–Crippen MR) is 85.8 cm³/mol. The Morgan fingerprint density at radius 1 is 1.22 bits per heavy atom. The molecule has 0 atom stereocenters. The molecule has 0 fully saturated rings. The van der Waals surface area contributed by atoms with Crippen molar-refractivity contribution in [1.29, 1.82) is 0 Å². The van der Waals surface area contributed by atoms with Crippen molar-refractivity contribution in [3.05, 3.63) is 41.2 Å². The maximum Gasteiger partial charge on any atom is 0.241 e. The van der Waals surface area contributed by atoms with Crippen molar-refractivity contribution in [2.24, 2.45) is 0 Å². The molecule has 1 N–H and O–H groups in total. The van der Waals surface area contributed by atoms with Crippen molar-refractivity contribution < 1.29 is 14.3 Å². The lowest BCUT2D eigenvalue weighted by Crippen LogP contribution is -2.30. The number of aryl methyl sites for hydroxylation is 2. The molecule has 2 aromatic rings. The van der Waals surface area contributed by atoms with Crippen LogP contribution in [0.5, 0.6) is 11.5 Å².